The number of H-pyrrole nitrogens is 1. The number of fused-ring (bicyclic) bond motifs is 1. The van der Waals surface area contributed by atoms with Crippen LogP contribution in [0, 0.1) is 0 Å². The van der Waals surface area contributed by atoms with E-state index in [9.17, 15) is 18.0 Å². The Labute approximate surface area is 199 Å². The molecule has 10 heteroatoms. The molecular formula is C25H23F3N6O. The second kappa shape index (κ2) is 9.10. The van der Waals surface area contributed by atoms with E-state index in [1.54, 1.807) is 36.7 Å². The lowest BCUT2D eigenvalue weighted by atomic mass is 9.86. The van der Waals surface area contributed by atoms with Crippen molar-refractivity contribution in [2.75, 3.05) is 25.5 Å². The van der Waals surface area contributed by atoms with Crippen LogP contribution in [0.1, 0.15) is 29.9 Å². The highest BCUT2D eigenvalue weighted by Gasteiger charge is 2.36. The number of anilines is 2. The lowest BCUT2D eigenvalue weighted by Gasteiger charge is -2.31. The quantitative estimate of drug-likeness (QED) is 0.430. The molecule has 35 heavy (non-hydrogen) atoms. The standard InChI is InChI=1S/C25H23F3N6O/c1-34-8-5-15(6-9-34)19-3-2-18(11-20(19)25(26,27)28)32-23-22-16(4-7-31-24(22)35)10-21(33-23)17-12-29-14-30-13-17/h2-4,7,10-15H,5-6,8-9H2,1H3,(H,31,35)(H,32,33). The summed E-state index contributed by atoms with van der Waals surface area (Å²) in [6.45, 7) is 1.52. The van der Waals surface area contributed by atoms with Crippen LogP contribution in [0.25, 0.3) is 22.0 Å². The van der Waals surface area contributed by atoms with E-state index in [1.165, 1.54) is 12.5 Å². The number of rotatable bonds is 4. The third-order valence-corrected chi connectivity index (χ3v) is 6.39. The number of nitrogens with zero attached hydrogens (tertiary/aromatic N) is 4. The highest BCUT2D eigenvalue weighted by molar-refractivity contribution is 5.95. The van der Waals surface area contributed by atoms with E-state index in [0.717, 1.165) is 19.2 Å². The van der Waals surface area contributed by atoms with Gasteiger partial charge in [0, 0.05) is 29.8 Å². The van der Waals surface area contributed by atoms with Crippen molar-refractivity contribution in [1.82, 2.24) is 24.8 Å². The molecule has 1 saturated heterocycles. The zero-order valence-corrected chi connectivity index (χ0v) is 18.9. The molecule has 0 aliphatic carbocycles. The Balaban J connectivity index is 1.58. The predicted molar refractivity (Wildman–Crippen MR) is 128 cm³/mol. The van der Waals surface area contributed by atoms with Crippen molar-refractivity contribution in [1.29, 1.82) is 0 Å². The SMILES string of the molecule is CN1CCC(c2ccc(Nc3nc(-c4cncnc4)cc4cc[nH]c(=O)c34)cc2C(F)(F)F)CC1. The van der Waals surface area contributed by atoms with Gasteiger partial charge in [-0.3, -0.25) is 4.79 Å². The van der Waals surface area contributed by atoms with Gasteiger partial charge in [-0.15, -0.1) is 0 Å². The molecule has 180 valence electrons. The number of halogens is 3. The Hall–Kier alpha value is -3.79. The smallest absolute Gasteiger partial charge is 0.340 e. The van der Waals surface area contributed by atoms with Crippen LogP contribution >= 0.6 is 0 Å². The molecule has 0 amide bonds. The van der Waals surface area contributed by atoms with Crippen LogP contribution in [0.3, 0.4) is 0 Å². The molecule has 0 spiro atoms. The summed E-state index contributed by atoms with van der Waals surface area (Å²) >= 11 is 0. The van der Waals surface area contributed by atoms with Crippen LogP contribution in [-0.2, 0) is 6.18 Å². The minimum absolute atomic E-state index is 0.153. The highest BCUT2D eigenvalue weighted by atomic mass is 19.4. The van der Waals surface area contributed by atoms with Gasteiger partial charge in [-0.2, -0.15) is 13.2 Å². The summed E-state index contributed by atoms with van der Waals surface area (Å²) in [4.78, 5) is 29.9. The van der Waals surface area contributed by atoms with Crippen molar-refractivity contribution in [2.24, 2.45) is 0 Å². The first-order valence-electron chi connectivity index (χ1n) is 11.2. The third kappa shape index (κ3) is 4.74. The predicted octanol–water partition coefficient (Wildman–Crippen LogP) is 4.95. The number of piperidine rings is 1. The molecule has 0 atom stereocenters. The second-order valence-electron chi connectivity index (χ2n) is 8.76. The Bertz CT molecular complexity index is 1410. The van der Waals surface area contributed by atoms with E-state index >= 15 is 0 Å². The van der Waals surface area contributed by atoms with E-state index < -0.39 is 17.3 Å². The summed E-state index contributed by atoms with van der Waals surface area (Å²) in [6, 6.07) is 7.70. The van der Waals surface area contributed by atoms with Crippen LogP contribution in [0.15, 0.2) is 60.0 Å². The van der Waals surface area contributed by atoms with E-state index in [-0.39, 0.29) is 22.8 Å². The number of aromatic amines is 1. The highest BCUT2D eigenvalue weighted by Crippen LogP contribution is 2.40. The van der Waals surface area contributed by atoms with E-state index in [0.29, 0.717) is 35.0 Å². The molecular weight excluding hydrogens is 457 g/mol. The van der Waals surface area contributed by atoms with Crippen molar-refractivity contribution < 1.29 is 13.2 Å². The Kier molecular flexibility index (Phi) is 5.98. The molecule has 2 N–H and O–H groups in total. The number of alkyl halides is 3. The van der Waals surface area contributed by atoms with Crippen LogP contribution < -0.4 is 10.9 Å². The average Bonchev–Trinajstić information content (AvgIpc) is 2.84. The first-order chi connectivity index (χ1) is 16.8. The summed E-state index contributed by atoms with van der Waals surface area (Å²) in [5, 5.41) is 3.81. The van der Waals surface area contributed by atoms with Crippen molar-refractivity contribution in [2.45, 2.75) is 24.9 Å². The maximum atomic E-state index is 14.1. The van der Waals surface area contributed by atoms with Gasteiger partial charge < -0.3 is 15.2 Å². The topological polar surface area (TPSA) is 86.8 Å². The van der Waals surface area contributed by atoms with Crippen LogP contribution in [0.4, 0.5) is 24.7 Å². The van der Waals surface area contributed by atoms with Gasteiger partial charge in [0.1, 0.15) is 12.1 Å². The van der Waals surface area contributed by atoms with Gasteiger partial charge >= 0.3 is 6.18 Å². The molecule has 0 radical (unpaired) electrons. The molecule has 7 nitrogen and oxygen atoms in total. The minimum atomic E-state index is -4.51. The minimum Gasteiger partial charge on any atom is -0.340 e. The van der Waals surface area contributed by atoms with E-state index in [1.807, 2.05) is 7.05 Å². The van der Waals surface area contributed by atoms with Crippen LogP contribution in [-0.4, -0.2) is 45.0 Å². The van der Waals surface area contributed by atoms with Crippen molar-refractivity contribution in [3.05, 3.63) is 76.7 Å². The first kappa shape index (κ1) is 23.0. The van der Waals surface area contributed by atoms with Gasteiger partial charge in [-0.25, -0.2) is 15.0 Å². The number of hydrogen-bond donors (Lipinski definition) is 2. The number of nitrogens with one attached hydrogen (secondary N) is 2. The van der Waals surface area contributed by atoms with Gasteiger partial charge in [-0.1, -0.05) is 6.07 Å². The van der Waals surface area contributed by atoms with Crippen LogP contribution in [0.2, 0.25) is 0 Å². The fourth-order valence-corrected chi connectivity index (χ4v) is 4.58. The third-order valence-electron chi connectivity index (χ3n) is 6.39. The van der Waals surface area contributed by atoms with Crippen molar-refractivity contribution >= 4 is 22.3 Å². The summed E-state index contributed by atoms with van der Waals surface area (Å²) < 4.78 is 42.2. The summed E-state index contributed by atoms with van der Waals surface area (Å²) in [5.74, 6) is 0.00320. The second-order valence-corrected chi connectivity index (χ2v) is 8.76. The van der Waals surface area contributed by atoms with Crippen molar-refractivity contribution in [3.63, 3.8) is 0 Å². The zero-order chi connectivity index (χ0) is 24.6. The fourth-order valence-electron chi connectivity index (χ4n) is 4.58. The Morgan fingerprint density at radius 1 is 1.09 bits per heavy atom. The summed E-state index contributed by atoms with van der Waals surface area (Å²) in [7, 11) is 1.97. The molecule has 0 saturated carbocycles. The van der Waals surface area contributed by atoms with Crippen molar-refractivity contribution in [3.8, 4) is 11.3 Å². The fraction of sp³-hybridized carbons (Fsp3) is 0.280. The van der Waals surface area contributed by atoms with Gasteiger partial charge in [0.25, 0.3) is 5.56 Å². The largest absolute Gasteiger partial charge is 0.416 e. The lowest BCUT2D eigenvalue weighted by Crippen LogP contribution is -2.30. The van der Waals surface area contributed by atoms with Gasteiger partial charge in [0.15, 0.2) is 0 Å². The summed E-state index contributed by atoms with van der Waals surface area (Å²) in [5.41, 5.74) is 0.557. The molecule has 3 aromatic heterocycles. The molecule has 1 aliphatic rings. The Morgan fingerprint density at radius 3 is 2.54 bits per heavy atom. The maximum absolute atomic E-state index is 14.1. The molecule has 0 bridgehead atoms. The van der Waals surface area contributed by atoms with Crippen LogP contribution in [0.5, 0.6) is 0 Å². The molecule has 5 rings (SSSR count). The molecule has 4 aromatic rings. The van der Waals surface area contributed by atoms with E-state index in [4.69, 9.17) is 0 Å². The molecule has 1 fully saturated rings. The lowest BCUT2D eigenvalue weighted by molar-refractivity contribution is -0.138. The Morgan fingerprint density at radius 2 is 1.83 bits per heavy atom. The number of likely N-dealkylation sites (tertiary alicyclic amines) is 1. The van der Waals surface area contributed by atoms with Gasteiger partial charge in [0.2, 0.25) is 0 Å². The molecule has 1 aromatic carbocycles. The normalized spacial score (nSPS) is 15.4. The number of pyridine rings is 2. The van der Waals surface area contributed by atoms with E-state index in [2.05, 4.69) is 30.2 Å². The summed E-state index contributed by atoms with van der Waals surface area (Å²) in [6.07, 6.45) is 2.90. The average molecular weight is 480 g/mol. The maximum Gasteiger partial charge on any atom is 0.416 e. The number of aromatic nitrogens is 4. The van der Waals surface area contributed by atoms with Gasteiger partial charge in [-0.05, 0) is 74.1 Å². The molecule has 0 unspecified atom stereocenters. The van der Waals surface area contributed by atoms with Gasteiger partial charge in [0.05, 0.1) is 16.6 Å². The monoisotopic (exact) mass is 480 g/mol. The first-order valence-corrected chi connectivity index (χ1v) is 11.2. The number of benzene rings is 1. The number of hydrogen-bond acceptors (Lipinski definition) is 6. The zero-order valence-electron chi connectivity index (χ0n) is 18.9. The molecule has 1 aliphatic heterocycles. The molecule has 4 heterocycles.